The third-order valence-electron chi connectivity index (χ3n) is 4.36. The Labute approximate surface area is 156 Å². The number of benzene rings is 2. The maximum Gasteiger partial charge on any atom is 0.268 e. The van der Waals surface area contributed by atoms with Crippen LogP contribution in [0.15, 0.2) is 65.4 Å². The summed E-state index contributed by atoms with van der Waals surface area (Å²) in [7, 11) is 0. The van der Waals surface area contributed by atoms with Gasteiger partial charge in [0, 0.05) is 24.2 Å². The second-order valence-corrected chi connectivity index (χ2v) is 6.11. The van der Waals surface area contributed by atoms with E-state index in [-0.39, 0.29) is 5.91 Å². The van der Waals surface area contributed by atoms with Crippen molar-refractivity contribution in [2.24, 2.45) is 0 Å². The lowest BCUT2D eigenvalue weighted by Gasteiger charge is -2.30. The first-order chi connectivity index (χ1) is 13.3. The van der Waals surface area contributed by atoms with Crippen molar-refractivity contribution < 1.29 is 18.7 Å². The van der Waals surface area contributed by atoms with E-state index in [0.29, 0.717) is 37.9 Å². The number of hydrogen-bond acceptors (Lipinski definition) is 6. The van der Waals surface area contributed by atoms with Gasteiger partial charge in [0.15, 0.2) is 0 Å². The summed E-state index contributed by atoms with van der Waals surface area (Å²) in [6, 6.07) is 16.7. The first-order valence-corrected chi connectivity index (χ1v) is 8.76. The van der Waals surface area contributed by atoms with Gasteiger partial charge in [-0.1, -0.05) is 30.3 Å². The highest BCUT2D eigenvalue weighted by molar-refractivity contribution is 5.82. The van der Waals surface area contributed by atoms with Crippen molar-refractivity contribution in [1.82, 2.24) is 15.1 Å². The van der Waals surface area contributed by atoms with E-state index in [0.717, 1.165) is 11.1 Å². The molecule has 0 N–H and O–H groups in total. The highest BCUT2D eigenvalue weighted by atomic mass is 16.5. The molecule has 3 aromatic rings. The summed E-state index contributed by atoms with van der Waals surface area (Å²) in [6.45, 7) is 2.24. The van der Waals surface area contributed by atoms with Gasteiger partial charge < -0.3 is 18.8 Å². The lowest BCUT2D eigenvalue weighted by atomic mass is 10.1. The molecule has 7 nitrogen and oxygen atoms in total. The molecule has 138 valence electrons. The van der Waals surface area contributed by atoms with Crippen molar-refractivity contribution in [3.05, 3.63) is 66.6 Å². The van der Waals surface area contributed by atoms with Gasteiger partial charge in [0.05, 0.1) is 13.2 Å². The fraction of sp³-hybridized carbons (Fsp3) is 0.250. The zero-order valence-corrected chi connectivity index (χ0v) is 14.7. The minimum absolute atomic E-state index is 0.0644. The number of aromatic nitrogens is 2. The molecule has 0 unspecified atom stereocenters. The van der Waals surface area contributed by atoms with Crippen molar-refractivity contribution in [3.8, 4) is 17.2 Å². The van der Waals surface area contributed by atoms with Gasteiger partial charge in [-0.2, -0.15) is 0 Å². The zero-order chi connectivity index (χ0) is 18.5. The Morgan fingerprint density at radius 1 is 1.04 bits per heavy atom. The summed E-state index contributed by atoms with van der Waals surface area (Å²) in [4.78, 5) is 14.9. The van der Waals surface area contributed by atoms with Gasteiger partial charge in [0.2, 0.25) is 18.4 Å². The van der Waals surface area contributed by atoms with Crippen LogP contribution in [0.1, 0.15) is 11.7 Å². The molecule has 27 heavy (non-hydrogen) atoms. The number of ether oxygens (including phenoxy) is 2. The number of morpholine rings is 1. The van der Waals surface area contributed by atoms with Gasteiger partial charge in [0.25, 0.3) is 5.91 Å². The number of nitrogens with zero attached hydrogens (tertiary/aromatic N) is 3. The van der Waals surface area contributed by atoms with Gasteiger partial charge in [-0.05, 0) is 24.3 Å². The van der Waals surface area contributed by atoms with E-state index in [1.54, 1.807) is 17.0 Å². The quantitative estimate of drug-likeness (QED) is 0.692. The van der Waals surface area contributed by atoms with E-state index in [4.69, 9.17) is 13.9 Å². The van der Waals surface area contributed by atoms with E-state index in [1.165, 1.54) is 6.39 Å². The summed E-state index contributed by atoms with van der Waals surface area (Å²) in [5.74, 6) is 0.963. The van der Waals surface area contributed by atoms with Crippen molar-refractivity contribution in [1.29, 1.82) is 0 Å². The first kappa shape index (κ1) is 17.2. The van der Waals surface area contributed by atoms with Gasteiger partial charge >= 0.3 is 0 Å². The minimum Gasteiger partial charge on any atom is -0.476 e. The highest BCUT2D eigenvalue weighted by Crippen LogP contribution is 2.26. The number of hydrogen-bond donors (Lipinski definition) is 0. The molecule has 4 rings (SSSR count). The molecule has 1 fully saturated rings. The first-order valence-electron chi connectivity index (χ1n) is 8.76. The molecule has 0 spiro atoms. The van der Waals surface area contributed by atoms with Gasteiger partial charge in [0.1, 0.15) is 5.75 Å². The van der Waals surface area contributed by atoms with Crippen LogP contribution >= 0.6 is 0 Å². The van der Waals surface area contributed by atoms with E-state index < -0.39 is 6.10 Å². The van der Waals surface area contributed by atoms with E-state index in [2.05, 4.69) is 10.2 Å². The largest absolute Gasteiger partial charge is 0.476 e. The summed E-state index contributed by atoms with van der Waals surface area (Å²) in [5, 5.41) is 7.56. The number of carbonyl (C=O) groups is 1. The summed E-state index contributed by atoms with van der Waals surface area (Å²) >= 11 is 0. The third kappa shape index (κ3) is 3.98. The van der Waals surface area contributed by atoms with Gasteiger partial charge in [-0.25, -0.2) is 0 Å². The van der Waals surface area contributed by atoms with Crippen LogP contribution in [0.25, 0.3) is 11.5 Å². The molecule has 2 heterocycles. The lowest BCUT2D eigenvalue weighted by Crippen LogP contribution is -2.44. The fourth-order valence-electron chi connectivity index (χ4n) is 2.95. The average molecular weight is 365 g/mol. The molecule has 0 radical (unpaired) electrons. The Morgan fingerprint density at radius 2 is 1.78 bits per heavy atom. The number of rotatable bonds is 5. The van der Waals surface area contributed by atoms with Crippen molar-refractivity contribution in [3.63, 3.8) is 0 Å². The highest BCUT2D eigenvalue weighted by Gasteiger charge is 2.29. The molecule has 1 amide bonds. The Morgan fingerprint density at radius 3 is 2.44 bits per heavy atom. The Kier molecular flexibility index (Phi) is 5.11. The number of amides is 1. The second kappa shape index (κ2) is 8.01. The third-order valence-corrected chi connectivity index (χ3v) is 4.36. The summed E-state index contributed by atoms with van der Waals surface area (Å²) in [6.07, 6.45) is 0.574. The molecule has 2 aromatic carbocycles. The van der Waals surface area contributed by atoms with Crippen LogP contribution in [0.4, 0.5) is 0 Å². The molecule has 1 aliphatic heterocycles. The van der Waals surface area contributed by atoms with E-state index in [9.17, 15) is 4.79 Å². The van der Waals surface area contributed by atoms with Crippen LogP contribution in [0.3, 0.4) is 0 Å². The SMILES string of the molecule is O=C([C@@H](Oc1ccc(-c2nnco2)cc1)c1ccccc1)N1CCOCC1. The molecule has 0 bridgehead atoms. The van der Waals surface area contributed by atoms with Gasteiger partial charge in [-0.15, -0.1) is 10.2 Å². The van der Waals surface area contributed by atoms with Crippen molar-refractivity contribution in [2.75, 3.05) is 26.3 Å². The van der Waals surface area contributed by atoms with Crippen LogP contribution in [-0.4, -0.2) is 47.3 Å². The Balaban J connectivity index is 1.56. The fourth-order valence-corrected chi connectivity index (χ4v) is 2.95. The number of carbonyl (C=O) groups excluding carboxylic acids is 1. The molecule has 1 aromatic heterocycles. The summed E-state index contributed by atoms with van der Waals surface area (Å²) in [5.41, 5.74) is 1.60. The molecule has 0 saturated carbocycles. The summed E-state index contributed by atoms with van der Waals surface area (Å²) < 4.78 is 16.6. The zero-order valence-electron chi connectivity index (χ0n) is 14.7. The van der Waals surface area contributed by atoms with E-state index in [1.807, 2.05) is 42.5 Å². The minimum atomic E-state index is -0.710. The molecule has 1 aliphatic rings. The second-order valence-electron chi connectivity index (χ2n) is 6.11. The Hall–Kier alpha value is -3.19. The molecule has 7 heteroatoms. The Bertz CT molecular complexity index is 860. The monoisotopic (exact) mass is 365 g/mol. The normalized spacial score (nSPS) is 15.3. The van der Waals surface area contributed by atoms with Crippen LogP contribution in [-0.2, 0) is 9.53 Å². The topological polar surface area (TPSA) is 77.7 Å². The predicted octanol–water partition coefficient (Wildman–Crippen LogP) is 2.72. The molecular formula is C20H19N3O4. The smallest absolute Gasteiger partial charge is 0.268 e. The average Bonchev–Trinajstić information content (AvgIpc) is 3.28. The molecule has 0 aliphatic carbocycles. The van der Waals surface area contributed by atoms with Crippen LogP contribution in [0, 0.1) is 0 Å². The van der Waals surface area contributed by atoms with Gasteiger partial charge in [-0.3, -0.25) is 4.79 Å². The maximum absolute atomic E-state index is 13.1. The van der Waals surface area contributed by atoms with E-state index >= 15 is 0 Å². The lowest BCUT2D eigenvalue weighted by molar-refractivity contribution is -0.143. The van der Waals surface area contributed by atoms with Crippen LogP contribution in [0.2, 0.25) is 0 Å². The maximum atomic E-state index is 13.1. The molecular weight excluding hydrogens is 346 g/mol. The molecule has 1 saturated heterocycles. The molecule has 1 atom stereocenters. The van der Waals surface area contributed by atoms with Crippen molar-refractivity contribution >= 4 is 5.91 Å². The van der Waals surface area contributed by atoms with Crippen LogP contribution < -0.4 is 4.74 Å². The van der Waals surface area contributed by atoms with Crippen molar-refractivity contribution in [2.45, 2.75) is 6.10 Å². The standard InChI is InChI=1S/C20H19N3O4/c24-20(23-10-12-25-13-11-23)18(15-4-2-1-3-5-15)27-17-8-6-16(7-9-17)19-22-21-14-26-19/h1-9,14,18H,10-13H2/t18-/m0/s1. The predicted molar refractivity (Wildman–Crippen MR) is 96.9 cm³/mol. The van der Waals surface area contributed by atoms with Crippen LogP contribution in [0.5, 0.6) is 5.75 Å².